The highest BCUT2D eigenvalue weighted by Crippen LogP contribution is 2.51. The number of carbonyl (C=O) groups excluding carboxylic acids is 11. The Morgan fingerprint density at radius 1 is 0.401 bits per heavy atom. The number of halogens is 4. The SMILES string of the molecule is CC(=O)NS(=O)(=O)c1cccc(C(=O)N[C@@H](C(=O)N2CC[C@](O)(c3ccc(Cl)cc3)C(C)(C)C2)C(C)C)c1.CCCC(=O)N1CCCC(C(=O)N[C@@H](C(=O)N2CC[C@](O)(c3ccc(Cl)cc3)C(C)(C)C2)C(C)C)C1.CCCC(=O)N1CC[C@H](CC(=O)N[C@@H](C(=O)N2CC[C@](O)(c3ccc(Cl)cc3)C(C)(C)C2)C(C)C)C1.Cc1cccc(C(=O)N[C@@H](C(=O)N2CC[C@](O)(c3ccc(Cl)cc3)C(C)(C)C2)C(C)C)c1. The van der Waals surface area contributed by atoms with Crippen LogP contribution in [0.15, 0.2) is 150 Å². The average Bonchev–Trinajstić information content (AvgIpc) is 0.914. The predicted molar refractivity (Wildman–Crippen MR) is 554 cm³/mol. The summed E-state index contributed by atoms with van der Waals surface area (Å²) < 4.78 is 26.6. The minimum atomic E-state index is -4.13. The highest BCUT2D eigenvalue weighted by atomic mass is 35.5. The second-order valence-electron chi connectivity index (χ2n) is 43.4. The molecule has 11 amide bonds. The van der Waals surface area contributed by atoms with Crippen LogP contribution >= 0.6 is 46.4 Å². The normalized spacial score (nSPS) is 22.7. The molecular weight excluding hydrogens is 1910 g/mol. The number of hydrogen-bond donors (Lipinski definition) is 9. The molecule has 0 radical (unpaired) electrons. The van der Waals surface area contributed by atoms with Gasteiger partial charge in [-0.15, -0.1) is 0 Å². The van der Waals surface area contributed by atoms with E-state index in [4.69, 9.17) is 46.4 Å². The van der Waals surface area contributed by atoms with E-state index in [1.54, 1.807) is 105 Å². The van der Waals surface area contributed by atoms with E-state index in [0.29, 0.717) is 142 Å². The number of aryl methyl sites for hydroxylation is 1. The van der Waals surface area contributed by atoms with Crippen LogP contribution in [0.1, 0.15) is 257 Å². The van der Waals surface area contributed by atoms with Crippen LogP contribution in [0.4, 0.5) is 0 Å². The number of sulfonamides is 1. The molecule has 33 heteroatoms. The Morgan fingerprint density at radius 2 is 0.718 bits per heavy atom. The zero-order chi connectivity index (χ0) is 105. The van der Waals surface area contributed by atoms with Crippen LogP contribution in [0.2, 0.25) is 20.1 Å². The molecule has 9 N–H and O–H groups in total. The fraction of sp³-hybridized carbons (Fsp3) is 0.569. The third kappa shape index (κ3) is 28.2. The van der Waals surface area contributed by atoms with Gasteiger partial charge in [-0.1, -0.05) is 243 Å². The van der Waals surface area contributed by atoms with Crippen molar-refractivity contribution in [3.8, 4) is 0 Å². The summed E-state index contributed by atoms with van der Waals surface area (Å²) in [6.07, 6.45) is 6.78. The number of amides is 11. The molecule has 10 atom stereocenters. The van der Waals surface area contributed by atoms with E-state index in [1.165, 1.54) is 18.2 Å². The molecule has 0 saturated carbocycles. The summed E-state index contributed by atoms with van der Waals surface area (Å²) in [5, 5.41) is 60.6. The summed E-state index contributed by atoms with van der Waals surface area (Å²) in [5.74, 6) is -3.03. The van der Waals surface area contributed by atoms with E-state index in [-0.39, 0.29) is 112 Å². The molecule has 6 aromatic rings. The van der Waals surface area contributed by atoms with Crippen LogP contribution in [0.5, 0.6) is 0 Å². The number of nitrogens with zero attached hydrogens (tertiary/aromatic N) is 6. The standard InChI is InChI=1S/2C28H42ClN3O4.C27H34ClN3O6S.C26H33ClN2O3/c1-6-8-23(33)31-15-7-9-20(17-31)25(34)30-24(19(2)3)26(35)32-16-14-28(36,27(4,5)18-32)21-10-12-22(29)13-11-21;1-6-7-24(34)31-14-12-20(17-31)16-23(33)30-25(19(2)3)26(35)32-15-13-28(36,27(4,5)18-32)21-8-10-22(29)11-9-21;1-17(2)23(29-24(33)19-7-6-8-22(15-19)38(36,37)30-18(3)32)25(34)31-14-13-27(35,26(4,5)16-31)20-9-11-21(28)12-10-20;1-17(2)22(28-23(30)19-8-6-7-18(3)15-19)24(31)29-14-13-26(32,25(4,5)16-29)20-9-11-21(27)12-10-20/h10-13,19-20,24,36H,6-9,14-18H2,1-5H3,(H,30,34);8-11,19-20,25,36H,6-7,12-18H2,1-5H3,(H,30,33);6-12,15,17,23,35H,13-14,16H2,1-5H3,(H,29,33)(H,30,32);6-12,15,17,22,32H,13-14,16H2,1-5H3,(H,28,30)/t20?,24-,28+;20-,25-,28+;23-,27+;22-,26+/m1111/s1. The van der Waals surface area contributed by atoms with Crippen molar-refractivity contribution in [3.63, 3.8) is 0 Å². The van der Waals surface area contributed by atoms with Gasteiger partial charge >= 0.3 is 0 Å². The molecule has 0 spiro atoms. The molecular formula is C109H151Cl4N11O17S. The first-order valence-electron chi connectivity index (χ1n) is 49.8. The molecule has 0 aliphatic carbocycles. The van der Waals surface area contributed by atoms with Gasteiger partial charge in [-0.3, -0.25) is 52.7 Å². The molecule has 12 rings (SSSR count). The van der Waals surface area contributed by atoms with E-state index in [0.717, 1.165) is 66.5 Å². The van der Waals surface area contributed by atoms with Crippen molar-refractivity contribution in [2.24, 2.45) is 57.2 Å². The molecule has 6 aliphatic heterocycles. The van der Waals surface area contributed by atoms with Crippen LogP contribution < -0.4 is 26.0 Å². The maximum atomic E-state index is 13.6. The van der Waals surface area contributed by atoms with E-state index < -0.39 is 90.1 Å². The van der Waals surface area contributed by atoms with Gasteiger partial charge in [0.25, 0.3) is 21.8 Å². The Morgan fingerprint density at radius 3 is 1.04 bits per heavy atom. The number of rotatable bonds is 27. The van der Waals surface area contributed by atoms with Gasteiger partial charge in [-0.05, 0) is 195 Å². The van der Waals surface area contributed by atoms with Crippen molar-refractivity contribution in [2.45, 2.75) is 267 Å². The Bertz CT molecular complexity index is 5550. The molecule has 0 aromatic heterocycles. The van der Waals surface area contributed by atoms with Crippen LogP contribution in [0.25, 0.3) is 0 Å². The van der Waals surface area contributed by atoms with Crippen molar-refractivity contribution in [2.75, 3.05) is 78.5 Å². The zero-order valence-corrected chi connectivity index (χ0v) is 90.1. The van der Waals surface area contributed by atoms with E-state index >= 15 is 0 Å². The van der Waals surface area contributed by atoms with Crippen molar-refractivity contribution < 1.29 is 81.6 Å². The number of nitrogens with one attached hydrogen (secondary N) is 5. The number of aliphatic hydroxyl groups is 4. The summed E-state index contributed by atoms with van der Waals surface area (Å²) in [6, 6.07) is 38.5. The largest absolute Gasteiger partial charge is 0.384 e. The van der Waals surface area contributed by atoms with Crippen molar-refractivity contribution in [1.29, 1.82) is 0 Å². The number of carbonyl (C=O) groups is 11. The quantitative estimate of drug-likeness (QED) is 0.0231. The van der Waals surface area contributed by atoms with Gasteiger partial charge in [0.15, 0.2) is 0 Å². The van der Waals surface area contributed by atoms with Gasteiger partial charge in [-0.2, -0.15) is 0 Å². The van der Waals surface area contributed by atoms with Gasteiger partial charge in [0.05, 0.1) is 33.2 Å². The maximum Gasteiger partial charge on any atom is 0.264 e. The lowest BCUT2D eigenvalue weighted by Crippen LogP contribution is -2.61. The minimum absolute atomic E-state index is 0.0333. The van der Waals surface area contributed by atoms with E-state index in [9.17, 15) is 81.6 Å². The lowest BCUT2D eigenvalue weighted by atomic mass is 9.66. The monoisotopic (exact) mass is 2060 g/mol. The number of hydrogen-bond acceptors (Lipinski definition) is 17. The Labute approximate surface area is 860 Å². The third-order valence-electron chi connectivity index (χ3n) is 29.4. The summed E-state index contributed by atoms with van der Waals surface area (Å²) in [4.78, 5) is 152. The Hall–Kier alpha value is -9.56. The van der Waals surface area contributed by atoms with Crippen molar-refractivity contribution >= 4 is 121 Å². The lowest BCUT2D eigenvalue weighted by molar-refractivity contribution is -0.157. The molecule has 0 bridgehead atoms. The maximum absolute atomic E-state index is 13.6. The molecule has 778 valence electrons. The van der Waals surface area contributed by atoms with Crippen LogP contribution in [0.3, 0.4) is 0 Å². The second kappa shape index (κ2) is 48.6. The van der Waals surface area contributed by atoms with Gasteiger partial charge in [0.2, 0.25) is 53.2 Å². The summed E-state index contributed by atoms with van der Waals surface area (Å²) in [5.41, 5.74) is -2.26. The number of piperidine rings is 5. The average molecular weight is 2060 g/mol. The fourth-order valence-corrected chi connectivity index (χ4v) is 21.9. The first kappa shape index (κ1) is 116. The third-order valence-corrected chi connectivity index (χ3v) is 31.8. The smallest absolute Gasteiger partial charge is 0.264 e. The topological polar surface area (TPSA) is 382 Å². The van der Waals surface area contributed by atoms with Crippen LogP contribution in [-0.4, -0.2) is 226 Å². The van der Waals surface area contributed by atoms with Crippen LogP contribution in [0, 0.1) is 64.1 Å². The fourth-order valence-electron chi connectivity index (χ4n) is 20.4. The van der Waals surface area contributed by atoms with Crippen LogP contribution in [-0.2, 0) is 75.6 Å². The van der Waals surface area contributed by atoms with Crippen molar-refractivity contribution in [1.82, 2.24) is 55.4 Å². The Kier molecular flexibility index (Phi) is 39.7. The molecule has 6 saturated heterocycles. The summed E-state index contributed by atoms with van der Waals surface area (Å²) in [7, 11) is -4.13. The van der Waals surface area contributed by atoms with Gasteiger partial charge in [-0.25, -0.2) is 13.1 Å². The van der Waals surface area contributed by atoms with E-state index in [1.807, 2.05) is 182 Å². The first-order valence-corrected chi connectivity index (χ1v) is 52.8. The molecule has 142 heavy (non-hydrogen) atoms. The summed E-state index contributed by atoms with van der Waals surface area (Å²) in [6.45, 7) is 43.0. The number of likely N-dealkylation sites (tertiary alicyclic amines) is 6. The molecule has 6 aliphatic rings. The van der Waals surface area contributed by atoms with E-state index in [2.05, 4.69) is 21.3 Å². The van der Waals surface area contributed by atoms with Gasteiger partial charge < -0.3 is 71.1 Å². The zero-order valence-electron chi connectivity index (χ0n) is 86.3. The molecule has 1 unspecified atom stereocenters. The first-order chi connectivity index (χ1) is 66.3. The Balaban J connectivity index is 0.000000212. The minimum Gasteiger partial charge on any atom is -0.384 e. The number of benzene rings is 6. The summed E-state index contributed by atoms with van der Waals surface area (Å²) >= 11 is 24.1. The van der Waals surface area contributed by atoms with Crippen molar-refractivity contribution in [3.05, 3.63) is 205 Å². The molecule has 6 fully saturated rings. The predicted octanol–water partition coefficient (Wildman–Crippen LogP) is 15.5. The molecule has 6 aromatic carbocycles. The highest BCUT2D eigenvalue weighted by molar-refractivity contribution is 7.90. The molecule has 6 heterocycles. The lowest BCUT2D eigenvalue weighted by Gasteiger charge is -2.51. The highest BCUT2D eigenvalue weighted by Gasteiger charge is 2.56. The molecule has 28 nitrogen and oxygen atoms in total. The second-order valence-corrected chi connectivity index (χ2v) is 46.8. The van der Waals surface area contributed by atoms with Gasteiger partial charge in [0.1, 0.15) is 24.2 Å². The van der Waals surface area contributed by atoms with Gasteiger partial charge in [0, 0.05) is 158 Å².